The third-order valence-corrected chi connectivity index (χ3v) is 3.16. The number of halogens is 3. The molecule has 0 saturated heterocycles. The molecule has 0 amide bonds. The molecule has 0 aliphatic carbocycles. The Balaban J connectivity index is 1.82. The van der Waals surface area contributed by atoms with Crippen LogP contribution in [0.1, 0.15) is 31.2 Å². The van der Waals surface area contributed by atoms with Crippen molar-refractivity contribution in [2.45, 2.75) is 38.9 Å². The SMILES string of the molecule is CCc1nn(CCCCOc2ccccc2C(F)(F)F)c(=O)o1. The Bertz CT molecular complexity index is 692. The monoisotopic (exact) mass is 330 g/mol. The number of benzene rings is 1. The number of hydrogen-bond donors (Lipinski definition) is 0. The molecule has 0 N–H and O–H groups in total. The number of nitrogens with zero attached hydrogens (tertiary/aromatic N) is 2. The van der Waals surface area contributed by atoms with E-state index in [4.69, 9.17) is 9.15 Å². The minimum absolute atomic E-state index is 0.125. The summed E-state index contributed by atoms with van der Waals surface area (Å²) in [4.78, 5) is 11.4. The summed E-state index contributed by atoms with van der Waals surface area (Å²) in [6.45, 7) is 2.29. The van der Waals surface area contributed by atoms with Crippen LogP contribution < -0.4 is 10.5 Å². The van der Waals surface area contributed by atoms with Gasteiger partial charge < -0.3 is 9.15 Å². The van der Waals surface area contributed by atoms with Crippen LogP contribution in [0.4, 0.5) is 13.2 Å². The Morgan fingerprint density at radius 2 is 2.00 bits per heavy atom. The van der Waals surface area contributed by atoms with E-state index in [0.717, 1.165) is 6.07 Å². The molecular formula is C15H17F3N2O3. The van der Waals surface area contributed by atoms with Gasteiger partial charge in [-0.15, -0.1) is 5.10 Å². The first kappa shape index (κ1) is 17.1. The second kappa shape index (κ2) is 7.34. The summed E-state index contributed by atoms with van der Waals surface area (Å²) < 4.78 is 49.7. The van der Waals surface area contributed by atoms with Crippen molar-refractivity contribution in [2.75, 3.05) is 6.61 Å². The molecule has 23 heavy (non-hydrogen) atoms. The number of para-hydroxylation sites is 1. The second-order valence-electron chi connectivity index (χ2n) is 4.89. The molecule has 8 heteroatoms. The highest BCUT2D eigenvalue weighted by molar-refractivity contribution is 5.35. The van der Waals surface area contributed by atoms with Gasteiger partial charge in [0.2, 0.25) is 5.89 Å². The van der Waals surface area contributed by atoms with Gasteiger partial charge in [0.1, 0.15) is 5.75 Å². The summed E-state index contributed by atoms with van der Waals surface area (Å²) in [6.07, 6.45) is -2.88. The fraction of sp³-hybridized carbons (Fsp3) is 0.467. The zero-order valence-electron chi connectivity index (χ0n) is 12.6. The van der Waals surface area contributed by atoms with E-state index in [1.54, 1.807) is 0 Å². The third kappa shape index (κ3) is 4.61. The highest BCUT2D eigenvalue weighted by atomic mass is 19.4. The summed E-state index contributed by atoms with van der Waals surface area (Å²) >= 11 is 0. The molecule has 0 unspecified atom stereocenters. The smallest absolute Gasteiger partial charge is 0.437 e. The van der Waals surface area contributed by atoms with Crippen molar-refractivity contribution in [3.8, 4) is 5.75 Å². The zero-order valence-corrected chi connectivity index (χ0v) is 12.6. The van der Waals surface area contributed by atoms with E-state index in [1.807, 2.05) is 6.92 Å². The predicted octanol–water partition coefficient (Wildman–Crippen LogP) is 3.28. The molecule has 0 atom stereocenters. The van der Waals surface area contributed by atoms with Gasteiger partial charge in [-0.2, -0.15) is 17.9 Å². The highest BCUT2D eigenvalue weighted by Gasteiger charge is 2.33. The molecule has 5 nitrogen and oxygen atoms in total. The number of aromatic nitrogens is 2. The maximum atomic E-state index is 12.8. The van der Waals surface area contributed by atoms with Gasteiger partial charge in [0.05, 0.1) is 12.2 Å². The average Bonchev–Trinajstić information content (AvgIpc) is 2.87. The number of ether oxygens (including phenoxy) is 1. The van der Waals surface area contributed by atoms with Crippen LogP contribution in [0, 0.1) is 0 Å². The molecule has 0 fully saturated rings. The first-order chi connectivity index (χ1) is 10.9. The Morgan fingerprint density at radius 1 is 1.26 bits per heavy atom. The van der Waals surface area contributed by atoms with Crippen molar-refractivity contribution >= 4 is 0 Å². The van der Waals surface area contributed by atoms with E-state index in [0.29, 0.717) is 31.7 Å². The van der Waals surface area contributed by atoms with Gasteiger partial charge in [0.15, 0.2) is 0 Å². The van der Waals surface area contributed by atoms with E-state index in [9.17, 15) is 18.0 Å². The highest BCUT2D eigenvalue weighted by Crippen LogP contribution is 2.35. The van der Waals surface area contributed by atoms with Crippen molar-refractivity contribution < 1.29 is 22.3 Å². The van der Waals surface area contributed by atoms with Gasteiger partial charge >= 0.3 is 11.9 Å². The van der Waals surface area contributed by atoms with Crippen LogP contribution in [-0.2, 0) is 19.1 Å². The molecule has 0 bridgehead atoms. The molecule has 2 aromatic rings. The summed E-state index contributed by atoms with van der Waals surface area (Å²) in [5.74, 6) is -0.345. The van der Waals surface area contributed by atoms with Crippen molar-refractivity contribution in [3.63, 3.8) is 0 Å². The van der Waals surface area contributed by atoms with Gasteiger partial charge in [-0.05, 0) is 25.0 Å². The Morgan fingerprint density at radius 3 is 2.65 bits per heavy atom. The summed E-state index contributed by atoms with van der Waals surface area (Å²) in [5.41, 5.74) is -0.791. The maximum absolute atomic E-state index is 12.8. The minimum atomic E-state index is -4.44. The topological polar surface area (TPSA) is 57.3 Å². The van der Waals surface area contributed by atoms with Crippen molar-refractivity contribution in [2.24, 2.45) is 0 Å². The molecule has 0 aliphatic rings. The van der Waals surface area contributed by atoms with E-state index >= 15 is 0 Å². The van der Waals surface area contributed by atoms with Crippen LogP contribution in [0.25, 0.3) is 0 Å². The number of alkyl halides is 3. The zero-order chi connectivity index (χ0) is 16.9. The second-order valence-corrected chi connectivity index (χ2v) is 4.89. The van der Waals surface area contributed by atoms with Crippen LogP contribution in [0.5, 0.6) is 5.75 Å². The van der Waals surface area contributed by atoms with Gasteiger partial charge in [0, 0.05) is 13.0 Å². The lowest BCUT2D eigenvalue weighted by Gasteiger charge is -2.13. The molecule has 1 aromatic carbocycles. The number of aryl methyl sites for hydroxylation is 2. The molecule has 0 aliphatic heterocycles. The molecule has 0 saturated carbocycles. The maximum Gasteiger partial charge on any atom is 0.437 e. The predicted molar refractivity (Wildman–Crippen MR) is 76.3 cm³/mol. The summed E-state index contributed by atoms with van der Waals surface area (Å²) in [7, 11) is 0. The summed E-state index contributed by atoms with van der Waals surface area (Å²) in [5, 5.41) is 3.98. The Labute approximate surface area is 130 Å². The van der Waals surface area contributed by atoms with Crippen LogP contribution in [0.15, 0.2) is 33.5 Å². The van der Waals surface area contributed by atoms with Crippen LogP contribution in [0.2, 0.25) is 0 Å². The van der Waals surface area contributed by atoms with Crippen LogP contribution in [0.3, 0.4) is 0 Å². The quantitative estimate of drug-likeness (QED) is 0.731. The lowest BCUT2D eigenvalue weighted by molar-refractivity contribution is -0.138. The lowest BCUT2D eigenvalue weighted by Crippen LogP contribution is -2.16. The van der Waals surface area contributed by atoms with Gasteiger partial charge in [0.25, 0.3) is 0 Å². The van der Waals surface area contributed by atoms with Gasteiger partial charge in [-0.25, -0.2) is 4.79 Å². The number of unbranched alkanes of at least 4 members (excludes halogenated alkanes) is 1. The molecule has 126 valence electrons. The largest absolute Gasteiger partial charge is 0.493 e. The third-order valence-electron chi connectivity index (χ3n) is 3.16. The van der Waals surface area contributed by atoms with Crippen molar-refractivity contribution in [3.05, 3.63) is 46.3 Å². The van der Waals surface area contributed by atoms with Crippen LogP contribution in [-0.4, -0.2) is 16.4 Å². The van der Waals surface area contributed by atoms with E-state index < -0.39 is 17.5 Å². The molecule has 2 rings (SSSR count). The normalized spacial score (nSPS) is 11.7. The fourth-order valence-electron chi connectivity index (χ4n) is 2.01. The minimum Gasteiger partial charge on any atom is -0.493 e. The molecule has 1 heterocycles. The van der Waals surface area contributed by atoms with Crippen molar-refractivity contribution in [1.29, 1.82) is 0 Å². The Hall–Kier alpha value is -2.25. The fourth-order valence-corrected chi connectivity index (χ4v) is 2.01. The standard InChI is InChI=1S/C15H17F3N2O3/c1-2-13-19-20(14(21)23-13)9-5-6-10-22-12-8-4-3-7-11(12)15(16,17)18/h3-4,7-8H,2,5-6,9-10H2,1H3. The summed E-state index contributed by atoms with van der Waals surface area (Å²) in [6, 6.07) is 5.08. The average molecular weight is 330 g/mol. The van der Waals surface area contributed by atoms with E-state index in [1.165, 1.54) is 22.9 Å². The van der Waals surface area contributed by atoms with Gasteiger partial charge in [-0.3, -0.25) is 0 Å². The van der Waals surface area contributed by atoms with E-state index in [2.05, 4.69) is 5.10 Å². The van der Waals surface area contributed by atoms with Crippen molar-refractivity contribution in [1.82, 2.24) is 9.78 Å². The molecular weight excluding hydrogens is 313 g/mol. The van der Waals surface area contributed by atoms with E-state index in [-0.39, 0.29) is 12.4 Å². The molecule has 0 radical (unpaired) electrons. The molecule has 0 spiro atoms. The first-order valence-electron chi connectivity index (χ1n) is 7.27. The number of hydrogen-bond acceptors (Lipinski definition) is 4. The van der Waals surface area contributed by atoms with Crippen LogP contribution >= 0.6 is 0 Å². The molecule has 1 aromatic heterocycles. The number of rotatable bonds is 7. The Kier molecular flexibility index (Phi) is 5.46. The first-order valence-corrected chi connectivity index (χ1v) is 7.27. The lowest BCUT2D eigenvalue weighted by atomic mass is 10.2. The van der Waals surface area contributed by atoms with Gasteiger partial charge in [-0.1, -0.05) is 19.1 Å².